The summed E-state index contributed by atoms with van der Waals surface area (Å²) < 4.78 is 23.5. The van der Waals surface area contributed by atoms with E-state index in [4.69, 9.17) is 18.9 Å². The smallest absolute Gasteiger partial charge is 0.355 e. The second-order valence-corrected chi connectivity index (χ2v) is 10.00. The molecule has 0 spiro atoms. The molecular weight excluding hydrogens is 580 g/mol. The molecule has 0 saturated carbocycles. The molecule has 2 aromatic carbocycles. The van der Waals surface area contributed by atoms with Gasteiger partial charge in [-0.1, -0.05) is 76.6 Å². The van der Waals surface area contributed by atoms with Gasteiger partial charge in [0.2, 0.25) is 11.7 Å². The first kappa shape index (κ1) is 31.5. The summed E-state index contributed by atoms with van der Waals surface area (Å²) in [5.74, 6) is -2.60. The number of hydrogen-bond acceptors (Lipinski definition) is 7. The minimum Gasteiger partial charge on any atom is -0.456 e. The van der Waals surface area contributed by atoms with Gasteiger partial charge in [-0.3, -0.25) is 14.5 Å². The van der Waals surface area contributed by atoms with Crippen LogP contribution in [0.2, 0.25) is 0 Å². The first-order valence-corrected chi connectivity index (χ1v) is 14.4. The van der Waals surface area contributed by atoms with Crippen LogP contribution in [0.15, 0.2) is 71.9 Å². The molecule has 40 heavy (non-hydrogen) atoms. The quantitative estimate of drug-likeness (QED) is 0.106. The molecule has 1 heterocycles. The average Bonchev–Trinajstić information content (AvgIpc) is 2.95. The summed E-state index contributed by atoms with van der Waals surface area (Å²) in [7, 11) is 0. The third-order valence-electron chi connectivity index (χ3n) is 6.18. The molecule has 10 heteroatoms. The van der Waals surface area contributed by atoms with Crippen LogP contribution >= 0.6 is 15.9 Å². The maximum atomic E-state index is 13.4. The Balaban J connectivity index is 1.83. The van der Waals surface area contributed by atoms with Crippen LogP contribution in [0.5, 0.6) is 0 Å². The van der Waals surface area contributed by atoms with Crippen LogP contribution in [-0.2, 0) is 46.4 Å². The number of esters is 1. The molecule has 3 rings (SSSR count). The molecular formula is C30H37BrN2O7. The largest absolute Gasteiger partial charge is 0.456 e. The highest BCUT2D eigenvalue weighted by atomic mass is 79.9. The van der Waals surface area contributed by atoms with E-state index in [2.05, 4.69) is 21.2 Å². The van der Waals surface area contributed by atoms with Crippen LogP contribution in [0.1, 0.15) is 38.8 Å². The lowest BCUT2D eigenvalue weighted by Crippen LogP contribution is -2.72. The Morgan fingerprint density at radius 3 is 2.05 bits per heavy atom. The third-order valence-corrected chi connectivity index (χ3v) is 7.03. The molecule has 1 aliphatic heterocycles. The summed E-state index contributed by atoms with van der Waals surface area (Å²) in [6.07, 6.45) is -0.893. The summed E-state index contributed by atoms with van der Waals surface area (Å²) in [5, 5.41) is 3.09. The number of benzene rings is 2. The molecule has 9 nitrogen and oxygen atoms in total. The molecule has 2 unspecified atom stereocenters. The van der Waals surface area contributed by atoms with Crippen molar-refractivity contribution in [3.8, 4) is 0 Å². The molecule has 0 bridgehead atoms. The first-order chi connectivity index (χ1) is 19.2. The lowest BCUT2D eigenvalue weighted by atomic mass is 10.0. The fourth-order valence-corrected chi connectivity index (χ4v) is 4.81. The molecule has 2 aromatic rings. The van der Waals surface area contributed by atoms with Gasteiger partial charge < -0.3 is 24.3 Å². The van der Waals surface area contributed by atoms with Gasteiger partial charge in [-0.05, 0) is 44.4 Å². The van der Waals surface area contributed by atoms with Gasteiger partial charge >= 0.3 is 5.97 Å². The molecule has 0 aromatic heterocycles. The molecule has 2 amide bonds. The highest BCUT2D eigenvalue weighted by molar-refractivity contribution is 9.09. The number of nitrogens with zero attached hydrogens (tertiary/aromatic N) is 1. The molecule has 1 aliphatic rings. The van der Waals surface area contributed by atoms with Gasteiger partial charge in [0, 0.05) is 13.2 Å². The zero-order valence-electron chi connectivity index (χ0n) is 23.4. The molecule has 216 valence electrons. The van der Waals surface area contributed by atoms with E-state index in [1.165, 1.54) is 4.90 Å². The number of amides is 2. The number of alkyl halides is 1. The number of β-lactam (4-membered cyclic amide) rings is 1. The highest BCUT2D eigenvalue weighted by Crippen LogP contribution is 2.31. The molecule has 1 N–H and O–H groups in total. The standard InChI is InChI=1S/C30H37BrN2O7/c1-5-39-30(19-31,40-6-2)20-38-28-25(32-24(34)17-22-13-9-7-10-14-22)27(35)33(28)26(21(3)4)29(36)37-18-23-15-11-8-12-16-23/h7-16,25,28H,5-6,17-20H2,1-4H3,(H,32,34). The van der Waals surface area contributed by atoms with Crippen LogP contribution in [0, 0.1) is 0 Å². The summed E-state index contributed by atoms with van der Waals surface area (Å²) in [6.45, 7) is 7.83. The number of carbonyl (C=O) groups is 3. The molecule has 1 saturated heterocycles. The van der Waals surface area contributed by atoms with Gasteiger partial charge in [0.15, 0.2) is 12.3 Å². The SMILES string of the molecule is CCOC(CBr)(COC1C(NC(=O)Cc2ccccc2)C(=O)N1C(C(=O)OCc1ccccc1)=C(C)C)OCC. The van der Waals surface area contributed by atoms with Gasteiger partial charge in [0.25, 0.3) is 5.91 Å². The van der Waals surface area contributed by atoms with Crippen LogP contribution in [0.3, 0.4) is 0 Å². The average molecular weight is 618 g/mol. The van der Waals surface area contributed by atoms with Crippen molar-refractivity contribution in [1.29, 1.82) is 0 Å². The highest BCUT2D eigenvalue weighted by Gasteiger charge is 2.53. The number of allylic oxidation sites excluding steroid dienone is 1. The lowest BCUT2D eigenvalue weighted by molar-refractivity contribution is -0.263. The van der Waals surface area contributed by atoms with Gasteiger partial charge in [0.05, 0.1) is 11.8 Å². The summed E-state index contributed by atoms with van der Waals surface area (Å²) in [5.41, 5.74) is 2.25. The third kappa shape index (κ3) is 8.00. The van der Waals surface area contributed by atoms with Crippen molar-refractivity contribution in [2.75, 3.05) is 25.2 Å². The maximum Gasteiger partial charge on any atom is 0.355 e. The van der Waals surface area contributed by atoms with Crippen molar-refractivity contribution in [3.63, 3.8) is 0 Å². The Hall–Kier alpha value is -3.05. The Kier molecular flexibility index (Phi) is 11.9. The van der Waals surface area contributed by atoms with Crippen LogP contribution in [-0.4, -0.2) is 65.9 Å². The fourth-order valence-electron chi connectivity index (χ4n) is 4.33. The Bertz CT molecular complexity index is 1160. The maximum absolute atomic E-state index is 13.4. The van der Waals surface area contributed by atoms with Crippen molar-refractivity contribution in [2.24, 2.45) is 0 Å². The summed E-state index contributed by atoms with van der Waals surface area (Å²) >= 11 is 3.44. The number of ether oxygens (including phenoxy) is 4. The van der Waals surface area contributed by atoms with Gasteiger partial charge in [-0.15, -0.1) is 0 Å². The number of likely N-dealkylation sites (tertiary alicyclic amines) is 1. The van der Waals surface area contributed by atoms with E-state index < -0.39 is 29.9 Å². The Labute approximate surface area is 243 Å². The summed E-state index contributed by atoms with van der Waals surface area (Å²) in [4.78, 5) is 40.8. The van der Waals surface area contributed by atoms with E-state index in [0.29, 0.717) is 24.1 Å². The second kappa shape index (κ2) is 15.1. The minimum absolute atomic E-state index is 0.0443. The summed E-state index contributed by atoms with van der Waals surface area (Å²) in [6, 6.07) is 17.5. The van der Waals surface area contributed by atoms with Crippen LogP contribution < -0.4 is 5.32 Å². The number of carbonyl (C=O) groups excluding carboxylic acids is 3. The number of nitrogens with one attached hydrogen (secondary N) is 1. The van der Waals surface area contributed by atoms with Gasteiger partial charge in [-0.2, -0.15) is 0 Å². The lowest BCUT2D eigenvalue weighted by Gasteiger charge is -2.48. The molecule has 1 fully saturated rings. The number of halogens is 1. The molecule has 2 atom stereocenters. The molecule has 0 radical (unpaired) electrons. The predicted octanol–water partition coefficient (Wildman–Crippen LogP) is 4.10. The van der Waals surface area contributed by atoms with Gasteiger partial charge in [0.1, 0.15) is 18.9 Å². The Morgan fingerprint density at radius 1 is 0.950 bits per heavy atom. The first-order valence-electron chi connectivity index (χ1n) is 13.3. The monoisotopic (exact) mass is 616 g/mol. The van der Waals surface area contributed by atoms with E-state index in [1.807, 2.05) is 74.5 Å². The van der Waals surface area contributed by atoms with Crippen LogP contribution in [0.4, 0.5) is 0 Å². The van der Waals surface area contributed by atoms with Crippen molar-refractivity contribution in [2.45, 2.75) is 58.8 Å². The topological polar surface area (TPSA) is 103 Å². The predicted molar refractivity (Wildman–Crippen MR) is 153 cm³/mol. The van der Waals surface area contributed by atoms with E-state index >= 15 is 0 Å². The fraction of sp³-hybridized carbons (Fsp3) is 0.433. The number of hydrogen-bond donors (Lipinski definition) is 1. The van der Waals surface area contributed by atoms with E-state index in [-0.39, 0.29) is 31.2 Å². The van der Waals surface area contributed by atoms with E-state index in [1.54, 1.807) is 13.8 Å². The number of rotatable bonds is 15. The van der Waals surface area contributed by atoms with Crippen molar-refractivity contribution in [3.05, 3.63) is 83.1 Å². The van der Waals surface area contributed by atoms with E-state index in [0.717, 1.165) is 11.1 Å². The van der Waals surface area contributed by atoms with Crippen molar-refractivity contribution < 1.29 is 33.3 Å². The van der Waals surface area contributed by atoms with Crippen molar-refractivity contribution >= 4 is 33.7 Å². The minimum atomic E-state index is -1.12. The second-order valence-electron chi connectivity index (χ2n) is 9.44. The zero-order valence-corrected chi connectivity index (χ0v) is 24.9. The van der Waals surface area contributed by atoms with E-state index in [9.17, 15) is 14.4 Å². The molecule has 0 aliphatic carbocycles. The Morgan fingerprint density at radius 2 is 1.52 bits per heavy atom. The van der Waals surface area contributed by atoms with Crippen molar-refractivity contribution in [1.82, 2.24) is 10.2 Å². The van der Waals surface area contributed by atoms with Crippen LogP contribution in [0.25, 0.3) is 0 Å². The normalized spacial score (nSPS) is 16.7. The van der Waals surface area contributed by atoms with Gasteiger partial charge in [-0.25, -0.2) is 4.79 Å². The zero-order chi connectivity index (χ0) is 29.1.